The highest BCUT2D eigenvalue weighted by atomic mass is 19.1. The van der Waals surface area contributed by atoms with Crippen molar-refractivity contribution in [3.8, 4) is 0 Å². The minimum atomic E-state index is -0.380. The molecule has 1 saturated heterocycles. The van der Waals surface area contributed by atoms with Crippen molar-refractivity contribution < 1.29 is 14.0 Å². The van der Waals surface area contributed by atoms with Gasteiger partial charge in [0.15, 0.2) is 5.78 Å². The molecule has 1 amide bonds. The second kappa shape index (κ2) is 9.67. The van der Waals surface area contributed by atoms with Gasteiger partial charge in [-0.2, -0.15) is 0 Å². The molecule has 1 heterocycles. The number of amides is 1. The predicted octanol–water partition coefficient (Wildman–Crippen LogP) is 2.80. The molecule has 0 saturated carbocycles. The van der Waals surface area contributed by atoms with Gasteiger partial charge < -0.3 is 9.80 Å². The van der Waals surface area contributed by atoms with Crippen LogP contribution >= 0.6 is 0 Å². The number of anilines is 1. The summed E-state index contributed by atoms with van der Waals surface area (Å²) in [5.41, 5.74) is 0.882. The number of Topliss-reactive ketones (excluding diaryl/α,β-unsaturated/α-hetero) is 1. The van der Waals surface area contributed by atoms with Gasteiger partial charge in [-0.15, -0.1) is 0 Å². The van der Waals surface area contributed by atoms with Crippen LogP contribution in [0.25, 0.3) is 0 Å². The average Bonchev–Trinajstić information content (AvgIpc) is 2.62. The molecule has 0 radical (unpaired) electrons. The van der Waals surface area contributed by atoms with Crippen molar-refractivity contribution in [2.24, 2.45) is 0 Å². The molecular weight excluding hydrogens is 333 g/mol. The van der Waals surface area contributed by atoms with E-state index < -0.39 is 0 Å². The molecule has 0 atom stereocenters. The summed E-state index contributed by atoms with van der Waals surface area (Å²) in [7, 11) is 0. The summed E-state index contributed by atoms with van der Waals surface area (Å²) in [6.45, 7) is 10.4. The van der Waals surface area contributed by atoms with Crippen LogP contribution in [0.2, 0.25) is 0 Å². The Labute approximate surface area is 155 Å². The van der Waals surface area contributed by atoms with Crippen molar-refractivity contribution in [3.05, 3.63) is 29.6 Å². The maximum absolute atomic E-state index is 14.3. The van der Waals surface area contributed by atoms with Gasteiger partial charge in [-0.05, 0) is 51.1 Å². The van der Waals surface area contributed by atoms with E-state index in [4.69, 9.17) is 0 Å². The molecule has 5 nitrogen and oxygen atoms in total. The molecular formula is C20H30FN3O2. The Kier molecular flexibility index (Phi) is 7.57. The number of carbonyl (C=O) groups excluding carboxylic acids is 2. The summed E-state index contributed by atoms with van der Waals surface area (Å²) in [5.74, 6) is -0.372. The lowest BCUT2D eigenvalue weighted by Crippen LogP contribution is -2.51. The Morgan fingerprint density at radius 2 is 1.69 bits per heavy atom. The SMILES string of the molecule is CCCN(CCC)CC(=O)N1CCN(c2ccc(C(C)=O)cc2F)CC1. The van der Waals surface area contributed by atoms with Crippen molar-refractivity contribution >= 4 is 17.4 Å². The molecule has 1 aromatic carbocycles. The lowest BCUT2D eigenvalue weighted by molar-refractivity contribution is -0.132. The minimum Gasteiger partial charge on any atom is -0.366 e. The highest BCUT2D eigenvalue weighted by Crippen LogP contribution is 2.22. The third-order valence-corrected chi connectivity index (χ3v) is 4.77. The molecule has 144 valence electrons. The maximum atomic E-state index is 14.3. The molecule has 1 fully saturated rings. The van der Waals surface area contributed by atoms with E-state index in [2.05, 4.69) is 18.7 Å². The number of rotatable bonds is 8. The Hall–Kier alpha value is -1.95. The van der Waals surface area contributed by atoms with Crippen LogP contribution in [0.15, 0.2) is 18.2 Å². The molecule has 0 aliphatic carbocycles. The molecule has 26 heavy (non-hydrogen) atoms. The standard InChI is InChI=1S/C20H30FN3O2/c1-4-8-22(9-5-2)15-20(26)24-12-10-23(11-13-24)19-7-6-17(16(3)25)14-18(19)21/h6-7,14H,4-5,8-13,15H2,1-3H3. The summed E-state index contributed by atoms with van der Waals surface area (Å²) in [6.07, 6.45) is 2.08. The lowest BCUT2D eigenvalue weighted by Gasteiger charge is -2.37. The third-order valence-electron chi connectivity index (χ3n) is 4.77. The Morgan fingerprint density at radius 3 is 2.19 bits per heavy atom. The van der Waals surface area contributed by atoms with E-state index in [9.17, 15) is 14.0 Å². The summed E-state index contributed by atoms with van der Waals surface area (Å²) in [6, 6.07) is 4.61. The molecule has 0 N–H and O–H groups in total. The molecule has 2 rings (SSSR count). The summed E-state index contributed by atoms with van der Waals surface area (Å²) in [4.78, 5) is 29.9. The van der Waals surface area contributed by atoms with E-state index >= 15 is 0 Å². The number of hydrogen-bond acceptors (Lipinski definition) is 4. The highest BCUT2D eigenvalue weighted by Gasteiger charge is 2.24. The molecule has 0 spiro atoms. The summed E-state index contributed by atoms with van der Waals surface area (Å²) < 4.78 is 14.3. The van der Waals surface area contributed by atoms with Crippen LogP contribution < -0.4 is 4.90 Å². The fourth-order valence-electron chi connectivity index (χ4n) is 3.37. The molecule has 6 heteroatoms. The first-order valence-corrected chi connectivity index (χ1v) is 9.51. The van der Waals surface area contributed by atoms with Crippen molar-refractivity contribution in [1.82, 2.24) is 9.80 Å². The molecule has 1 aliphatic heterocycles. The molecule has 0 aromatic heterocycles. The number of carbonyl (C=O) groups is 2. The maximum Gasteiger partial charge on any atom is 0.236 e. The van der Waals surface area contributed by atoms with Crippen molar-refractivity contribution in [1.29, 1.82) is 0 Å². The first-order chi connectivity index (χ1) is 12.5. The number of piperazine rings is 1. The van der Waals surface area contributed by atoms with Crippen LogP contribution in [0.5, 0.6) is 0 Å². The Morgan fingerprint density at radius 1 is 1.08 bits per heavy atom. The van der Waals surface area contributed by atoms with E-state index in [0.717, 1.165) is 25.9 Å². The number of ketones is 1. The molecule has 1 aromatic rings. The quantitative estimate of drug-likeness (QED) is 0.666. The highest BCUT2D eigenvalue weighted by molar-refractivity contribution is 5.94. The minimum absolute atomic E-state index is 0.144. The summed E-state index contributed by atoms with van der Waals surface area (Å²) in [5, 5.41) is 0. The number of halogens is 1. The Bertz CT molecular complexity index is 621. The van der Waals surface area contributed by atoms with Crippen LogP contribution in [0.3, 0.4) is 0 Å². The smallest absolute Gasteiger partial charge is 0.236 e. The lowest BCUT2D eigenvalue weighted by atomic mass is 10.1. The largest absolute Gasteiger partial charge is 0.366 e. The second-order valence-electron chi connectivity index (χ2n) is 6.87. The monoisotopic (exact) mass is 363 g/mol. The van der Waals surface area contributed by atoms with E-state index in [0.29, 0.717) is 44.0 Å². The van der Waals surface area contributed by atoms with E-state index in [1.165, 1.54) is 13.0 Å². The fraction of sp³-hybridized carbons (Fsp3) is 0.600. The van der Waals surface area contributed by atoms with Crippen LogP contribution in [0, 0.1) is 5.82 Å². The molecule has 0 unspecified atom stereocenters. The Balaban J connectivity index is 1.92. The van der Waals surface area contributed by atoms with E-state index in [-0.39, 0.29) is 17.5 Å². The van der Waals surface area contributed by atoms with E-state index in [1.807, 2.05) is 9.80 Å². The third kappa shape index (κ3) is 5.27. The van der Waals surface area contributed by atoms with Gasteiger partial charge in [-0.3, -0.25) is 14.5 Å². The van der Waals surface area contributed by atoms with Gasteiger partial charge in [-0.1, -0.05) is 13.8 Å². The van der Waals surface area contributed by atoms with Gasteiger partial charge in [0, 0.05) is 31.7 Å². The summed E-state index contributed by atoms with van der Waals surface area (Å²) >= 11 is 0. The fourth-order valence-corrected chi connectivity index (χ4v) is 3.37. The van der Waals surface area contributed by atoms with Gasteiger partial charge in [0.25, 0.3) is 0 Å². The van der Waals surface area contributed by atoms with Crippen molar-refractivity contribution in [2.45, 2.75) is 33.6 Å². The first kappa shape index (κ1) is 20.4. The first-order valence-electron chi connectivity index (χ1n) is 9.51. The number of benzene rings is 1. The predicted molar refractivity (Wildman–Crippen MR) is 102 cm³/mol. The number of nitrogens with zero attached hydrogens (tertiary/aromatic N) is 3. The van der Waals surface area contributed by atoms with Crippen LogP contribution in [-0.4, -0.2) is 67.3 Å². The van der Waals surface area contributed by atoms with E-state index in [1.54, 1.807) is 12.1 Å². The van der Waals surface area contributed by atoms with Crippen LogP contribution in [0.4, 0.5) is 10.1 Å². The van der Waals surface area contributed by atoms with Gasteiger partial charge in [0.2, 0.25) is 5.91 Å². The zero-order valence-electron chi connectivity index (χ0n) is 16.1. The zero-order valence-corrected chi connectivity index (χ0v) is 16.1. The van der Waals surface area contributed by atoms with Gasteiger partial charge in [0.05, 0.1) is 12.2 Å². The van der Waals surface area contributed by atoms with Crippen molar-refractivity contribution in [2.75, 3.05) is 50.7 Å². The van der Waals surface area contributed by atoms with Gasteiger partial charge >= 0.3 is 0 Å². The topological polar surface area (TPSA) is 43.9 Å². The van der Waals surface area contributed by atoms with Gasteiger partial charge in [-0.25, -0.2) is 4.39 Å². The number of hydrogen-bond donors (Lipinski definition) is 0. The van der Waals surface area contributed by atoms with Gasteiger partial charge in [0.1, 0.15) is 5.82 Å². The van der Waals surface area contributed by atoms with Crippen molar-refractivity contribution in [3.63, 3.8) is 0 Å². The second-order valence-corrected chi connectivity index (χ2v) is 6.87. The normalized spacial score (nSPS) is 14.8. The molecule has 1 aliphatic rings. The molecule has 0 bridgehead atoms. The van der Waals surface area contributed by atoms with Crippen LogP contribution in [-0.2, 0) is 4.79 Å². The average molecular weight is 363 g/mol. The zero-order chi connectivity index (χ0) is 19.1. The van der Waals surface area contributed by atoms with Crippen LogP contribution in [0.1, 0.15) is 44.0 Å².